The van der Waals surface area contributed by atoms with E-state index < -0.39 is 20.0 Å². The van der Waals surface area contributed by atoms with Crippen LogP contribution >= 0.6 is 0 Å². The van der Waals surface area contributed by atoms with Crippen LogP contribution in [0.2, 0.25) is 0 Å². The van der Waals surface area contributed by atoms with Crippen molar-refractivity contribution in [1.82, 2.24) is 9.88 Å². The van der Waals surface area contributed by atoms with Gasteiger partial charge in [0.1, 0.15) is 6.54 Å². The summed E-state index contributed by atoms with van der Waals surface area (Å²) < 4.78 is 61.0. The van der Waals surface area contributed by atoms with Crippen molar-refractivity contribution in [3.8, 4) is 5.88 Å². The molecule has 6 rings (SSSR count). The predicted octanol–water partition coefficient (Wildman–Crippen LogP) is 4.47. The minimum Gasteiger partial charge on any atom is -0.494 e. The number of carbonyl (C=O) groups is 1. The number of rotatable bonds is 10. The number of nitrogens with one attached hydrogen (secondary N) is 2. The monoisotopic (exact) mass is 687 g/mol. The van der Waals surface area contributed by atoms with Crippen LogP contribution in [-0.4, -0.2) is 82.5 Å². The van der Waals surface area contributed by atoms with Gasteiger partial charge in [0.25, 0.3) is 10.0 Å². The Bertz CT molecular complexity index is 2180. The second-order valence-electron chi connectivity index (χ2n) is 11.1. The summed E-state index contributed by atoms with van der Waals surface area (Å²) >= 11 is 0. The van der Waals surface area contributed by atoms with Gasteiger partial charge >= 0.3 is 0 Å². The average molecular weight is 688 g/mol. The minimum atomic E-state index is -3.97. The van der Waals surface area contributed by atoms with E-state index in [2.05, 4.69) is 9.71 Å². The minimum absolute atomic E-state index is 0.0108. The molecule has 2 heterocycles. The van der Waals surface area contributed by atoms with Crippen molar-refractivity contribution in [3.63, 3.8) is 0 Å². The van der Waals surface area contributed by atoms with Gasteiger partial charge in [-0.1, -0.05) is 48.5 Å². The van der Waals surface area contributed by atoms with Crippen LogP contribution in [-0.2, 0) is 29.6 Å². The number of hydrogen-bond acceptors (Lipinski definition) is 8. The van der Waals surface area contributed by atoms with Gasteiger partial charge in [-0.25, -0.2) is 21.8 Å². The molecule has 0 atom stereocenters. The molecule has 0 unspecified atom stereocenters. The topological polar surface area (TPSA) is 161 Å². The summed E-state index contributed by atoms with van der Waals surface area (Å²) in [5, 5.41) is 11.6. The zero-order valence-electron chi connectivity index (χ0n) is 25.9. The van der Waals surface area contributed by atoms with E-state index in [0.717, 1.165) is 10.6 Å². The third-order valence-corrected chi connectivity index (χ3v) is 10.3. The number of para-hydroxylation sites is 1. The number of amides is 1. The first-order valence-electron chi connectivity index (χ1n) is 15.0. The van der Waals surface area contributed by atoms with E-state index in [0.29, 0.717) is 59.9 Å². The maximum atomic E-state index is 13.3. The van der Waals surface area contributed by atoms with E-state index >= 15 is 0 Å². The third kappa shape index (κ3) is 7.20. The van der Waals surface area contributed by atoms with Crippen molar-refractivity contribution in [3.05, 3.63) is 114 Å². The highest BCUT2D eigenvalue weighted by Gasteiger charge is 2.26. The lowest BCUT2D eigenvalue weighted by atomic mass is 10.0. The van der Waals surface area contributed by atoms with Crippen LogP contribution in [0.5, 0.6) is 5.88 Å². The average Bonchev–Trinajstić information content (AvgIpc) is 3.41. The summed E-state index contributed by atoms with van der Waals surface area (Å²) in [6.07, 6.45) is 1.04. The number of benzene rings is 4. The summed E-state index contributed by atoms with van der Waals surface area (Å²) in [5.41, 5.74) is 2.88. The van der Waals surface area contributed by atoms with Gasteiger partial charge in [-0.3, -0.25) is 13.8 Å². The quantitative estimate of drug-likeness (QED) is 0.183. The molecule has 5 aromatic rings. The lowest BCUT2D eigenvalue weighted by Gasteiger charge is -2.30. The van der Waals surface area contributed by atoms with E-state index in [1.165, 1.54) is 12.1 Å². The molecule has 0 spiro atoms. The predicted molar refractivity (Wildman–Crippen MR) is 185 cm³/mol. The van der Waals surface area contributed by atoms with Crippen LogP contribution in [0.3, 0.4) is 0 Å². The summed E-state index contributed by atoms with van der Waals surface area (Å²) in [6.45, 7) is 1.22. The Hall–Kier alpha value is -5.18. The molecule has 4 aromatic carbocycles. The van der Waals surface area contributed by atoms with E-state index in [1.54, 1.807) is 65.6 Å². The van der Waals surface area contributed by atoms with Gasteiger partial charge in [0.15, 0.2) is 5.88 Å². The highest BCUT2D eigenvalue weighted by atomic mass is 32.2. The number of ether oxygens (including phenoxy) is 1. The molecule has 1 saturated heterocycles. The number of carbonyl (C=O) groups excluding carboxylic acids is 1. The van der Waals surface area contributed by atoms with Gasteiger partial charge in [-0.15, -0.1) is 0 Å². The SMILES string of the molecule is CS(=O)(=O)N(CC(=O)N1CCOCC1)c1ccc(N=C(c2ccccc2)c2c(O)[nH]c3ccc(S(=O)(=O)Nc4ccccc4)cc23)cc1. The number of fused-ring (bicyclic) bond motifs is 1. The van der Waals surface area contributed by atoms with Crippen molar-refractivity contribution >= 4 is 59.6 Å². The molecule has 1 fully saturated rings. The molecule has 12 nitrogen and oxygen atoms in total. The molecule has 48 heavy (non-hydrogen) atoms. The van der Waals surface area contributed by atoms with Crippen molar-refractivity contribution in [2.24, 2.45) is 4.99 Å². The Balaban J connectivity index is 1.38. The number of aromatic hydroxyl groups is 1. The van der Waals surface area contributed by atoms with Gasteiger partial charge in [-0.2, -0.15) is 0 Å². The summed E-state index contributed by atoms with van der Waals surface area (Å²) in [5.74, 6) is -0.535. The number of anilines is 2. The number of hydrogen-bond donors (Lipinski definition) is 3. The molecule has 1 aliphatic rings. The molecule has 1 aromatic heterocycles. The van der Waals surface area contributed by atoms with Crippen molar-refractivity contribution in [2.75, 3.05) is 48.1 Å². The smallest absolute Gasteiger partial charge is 0.261 e. The lowest BCUT2D eigenvalue weighted by molar-refractivity contribution is -0.133. The molecule has 14 heteroatoms. The fourth-order valence-corrected chi connectivity index (χ4v) is 7.34. The molecule has 1 aliphatic heterocycles. The van der Waals surface area contributed by atoms with Crippen molar-refractivity contribution in [2.45, 2.75) is 4.90 Å². The van der Waals surface area contributed by atoms with Gasteiger partial charge in [-0.05, 0) is 54.6 Å². The molecule has 1 amide bonds. The molecule has 248 valence electrons. The number of nitrogens with zero attached hydrogens (tertiary/aromatic N) is 3. The van der Waals surface area contributed by atoms with Crippen LogP contribution in [0.4, 0.5) is 17.1 Å². The number of aliphatic imine (C=N–C) groups is 1. The van der Waals surface area contributed by atoms with E-state index in [9.17, 15) is 26.7 Å². The largest absolute Gasteiger partial charge is 0.494 e. The van der Waals surface area contributed by atoms with E-state index in [4.69, 9.17) is 9.73 Å². The Morgan fingerprint density at radius 2 is 1.56 bits per heavy atom. The summed E-state index contributed by atoms with van der Waals surface area (Å²) in [7, 11) is -7.78. The van der Waals surface area contributed by atoms with Crippen LogP contribution in [0.15, 0.2) is 113 Å². The van der Waals surface area contributed by atoms with Crippen molar-refractivity contribution < 1.29 is 31.5 Å². The molecule has 0 saturated carbocycles. The molecule has 3 N–H and O–H groups in total. The fourth-order valence-electron chi connectivity index (χ4n) is 5.40. The number of sulfonamides is 2. The molecular formula is C34H33N5O7S2. The summed E-state index contributed by atoms with van der Waals surface area (Å²) in [6, 6.07) is 28.5. The Kier molecular flexibility index (Phi) is 9.22. The lowest BCUT2D eigenvalue weighted by Crippen LogP contribution is -2.47. The van der Waals surface area contributed by atoms with E-state index in [-0.39, 0.29) is 34.5 Å². The molecule has 0 radical (unpaired) electrons. The Morgan fingerprint density at radius 3 is 2.21 bits per heavy atom. The van der Waals surface area contributed by atoms with Crippen LogP contribution in [0.25, 0.3) is 10.9 Å². The second-order valence-corrected chi connectivity index (χ2v) is 14.7. The Morgan fingerprint density at radius 1 is 0.917 bits per heavy atom. The fraction of sp³-hybridized carbons (Fsp3) is 0.176. The first-order chi connectivity index (χ1) is 23.0. The van der Waals surface area contributed by atoms with Gasteiger partial charge in [0, 0.05) is 35.2 Å². The number of aromatic amines is 1. The standard InChI is InChI=1S/C34H33N5O7S2/c1-47(42,43)39(23-31(40)38-18-20-46-21-19-38)27-14-12-25(13-15-27)35-33(24-8-4-2-5-9-24)32-29-22-28(16-17-30(29)36-34(32)41)48(44,45)37-26-10-6-3-7-11-26/h2-17,22,36-37,41H,18-21,23H2,1H3. The van der Waals surface area contributed by atoms with Crippen molar-refractivity contribution in [1.29, 1.82) is 0 Å². The molecule has 0 aliphatic carbocycles. The number of aromatic nitrogens is 1. The maximum Gasteiger partial charge on any atom is 0.261 e. The van der Waals surface area contributed by atoms with Crippen LogP contribution < -0.4 is 9.03 Å². The highest BCUT2D eigenvalue weighted by molar-refractivity contribution is 7.92. The zero-order valence-corrected chi connectivity index (χ0v) is 27.5. The summed E-state index contributed by atoms with van der Waals surface area (Å²) in [4.78, 5) is 22.3. The normalized spacial score (nSPS) is 14.2. The van der Waals surface area contributed by atoms with Gasteiger partial charge < -0.3 is 19.7 Å². The van der Waals surface area contributed by atoms with E-state index in [1.807, 2.05) is 30.3 Å². The first kappa shape index (κ1) is 32.7. The van der Waals surface area contributed by atoms with Crippen LogP contribution in [0, 0.1) is 0 Å². The van der Waals surface area contributed by atoms with Gasteiger partial charge in [0.2, 0.25) is 15.9 Å². The maximum absolute atomic E-state index is 13.3. The zero-order chi connectivity index (χ0) is 33.9. The Labute approximate surface area is 278 Å². The second kappa shape index (κ2) is 13.5. The number of morpholine rings is 1. The molecular weight excluding hydrogens is 655 g/mol. The highest BCUT2D eigenvalue weighted by Crippen LogP contribution is 2.34. The third-order valence-electron chi connectivity index (χ3n) is 7.79. The van der Waals surface area contributed by atoms with Gasteiger partial charge in [0.05, 0.1) is 47.0 Å². The number of H-pyrrole nitrogens is 1. The molecule has 0 bridgehead atoms. The van der Waals surface area contributed by atoms with Crippen LogP contribution in [0.1, 0.15) is 11.1 Å². The first-order valence-corrected chi connectivity index (χ1v) is 18.3.